The average Bonchev–Trinajstić information content (AvgIpc) is 2.42. The Morgan fingerprint density at radius 2 is 0.842 bits per heavy atom. The Bertz CT molecular complexity index is 382. The van der Waals surface area contributed by atoms with Gasteiger partial charge < -0.3 is 16.0 Å². The lowest BCUT2D eigenvalue weighted by atomic mass is 9.88. The van der Waals surface area contributed by atoms with E-state index in [1.165, 1.54) is 33.4 Å². The van der Waals surface area contributed by atoms with Crippen molar-refractivity contribution in [3.8, 4) is 0 Å². The van der Waals surface area contributed by atoms with Gasteiger partial charge in [0.1, 0.15) is 0 Å². The van der Waals surface area contributed by atoms with Crippen molar-refractivity contribution in [1.82, 2.24) is 16.0 Å². The molecule has 0 saturated heterocycles. The van der Waals surface area contributed by atoms with Crippen molar-refractivity contribution in [3.05, 3.63) is 33.4 Å². The highest BCUT2D eigenvalue weighted by atomic mass is 15.0. The maximum atomic E-state index is 3.55. The number of benzene rings is 1. The Hall–Kier alpha value is -0.900. The summed E-state index contributed by atoms with van der Waals surface area (Å²) in [6.45, 7) is 15.1. The van der Waals surface area contributed by atoms with Crippen LogP contribution in [-0.4, -0.2) is 26.2 Å². The van der Waals surface area contributed by atoms with Crippen LogP contribution in [0.1, 0.15) is 33.4 Å². The highest BCUT2D eigenvalue weighted by Crippen LogP contribution is 2.26. The summed E-state index contributed by atoms with van der Waals surface area (Å²) >= 11 is 0. The monoisotopic (exact) mass is 261 g/mol. The first kappa shape index (κ1) is 14.5. The zero-order chi connectivity index (χ0) is 13.8. The van der Waals surface area contributed by atoms with Gasteiger partial charge in [0.25, 0.3) is 0 Å². The molecule has 3 heteroatoms. The minimum absolute atomic E-state index is 0.981. The van der Waals surface area contributed by atoms with E-state index in [9.17, 15) is 0 Å². The molecule has 0 radical (unpaired) electrons. The van der Waals surface area contributed by atoms with Gasteiger partial charge in [-0.15, -0.1) is 0 Å². The Labute approximate surface area is 117 Å². The van der Waals surface area contributed by atoms with E-state index in [-0.39, 0.29) is 0 Å². The summed E-state index contributed by atoms with van der Waals surface area (Å²) in [5, 5.41) is 10.6. The zero-order valence-electron chi connectivity index (χ0n) is 12.7. The Morgan fingerprint density at radius 3 is 1.21 bits per heavy atom. The molecule has 1 aromatic rings. The fourth-order valence-electron chi connectivity index (χ4n) is 2.90. The van der Waals surface area contributed by atoms with Gasteiger partial charge in [0.2, 0.25) is 0 Å². The number of hydrogen-bond acceptors (Lipinski definition) is 3. The minimum Gasteiger partial charge on any atom is -0.314 e. The molecule has 0 aliphatic carbocycles. The largest absolute Gasteiger partial charge is 0.314 e. The lowest BCUT2D eigenvalue weighted by Crippen LogP contribution is -2.32. The Kier molecular flexibility index (Phi) is 4.97. The SMILES string of the molecule is Cc1c(C)c2c(C)c(C)c1CNCCNCCNC2. The number of hydrogen-bond donors (Lipinski definition) is 3. The summed E-state index contributed by atoms with van der Waals surface area (Å²) in [5.74, 6) is 0. The van der Waals surface area contributed by atoms with Gasteiger partial charge in [-0.05, 0) is 61.1 Å². The highest BCUT2D eigenvalue weighted by Gasteiger charge is 2.14. The molecule has 2 aliphatic heterocycles. The predicted molar refractivity (Wildman–Crippen MR) is 81.7 cm³/mol. The van der Waals surface area contributed by atoms with Gasteiger partial charge in [0, 0.05) is 39.3 Å². The fraction of sp³-hybridized carbons (Fsp3) is 0.625. The topological polar surface area (TPSA) is 36.1 Å². The molecule has 2 aliphatic rings. The number of fused-ring (bicyclic) bond motifs is 10. The molecule has 0 saturated carbocycles. The van der Waals surface area contributed by atoms with Crippen LogP contribution < -0.4 is 16.0 Å². The normalized spacial score (nSPS) is 17.7. The van der Waals surface area contributed by atoms with Crippen LogP contribution in [0.3, 0.4) is 0 Å². The average molecular weight is 261 g/mol. The molecule has 106 valence electrons. The van der Waals surface area contributed by atoms with E-state index in [0.717, 1.165) is 39.3 Å². The van der Waals surface area contributed by atoms with Gasteiger partial charge >= 0.3 is 0 Å². The van der Waals surface area contributed by atoms with Gasteiger partial charge in [-0.1, -0.05) is 0 Å². The standard InChI is InChI=1S/C16H27N3/c1-11-12(2)16-10-19-8-6-17-5-7-18-9-15(11)13(3)14(16)4/h17-19H,5-10H2,1-4H3. The lowest BCUT2D eigenvalue weighted by molar-refractivity contribution is 0.583. The summed E-state index contributed by atoms with van der Waals surface area (Å²) in [7, 11) is 0. The minimum atomic E-state index is 0.981. The summed E-state index contributed by atoms with van der Waals surface area (Å²) in [4.78, 5) is 0. The Balaban J connectivity index is 2.39. The molecule has 3 rings (SSSR count). The van der Waals surface area contributed by atoms with E-state index in [0.29, 0.717) is 0 Å². The second kappa shape index (κ2) is 6.51. The summed E-state index contributed by atoms with van der Waals surface area (Å²) in [5.41, 5.74) is 8.80. The fourth-order valence-corrected chi connectivity index (χ4v) is 2.90. The highest BCUT2D eigenvalue weighted by molar-refractivity contribution is 5.50. The third kappa shape index (κ3) is 3.16. The van der Waals surface area contributed by atoms with Crippen molar-refractivity contribution < 1.29 is 0 Å². The quantitative estimate of drug-likeness (QED) is 0.622. The van der Waals surface area contributed by atoms with Crippen LogP contribution in [-0.2, 0) is 13.1 Å². The molecule has 19 heavy (non-hydrogen) atoms. The smallest absolute Gasteiger partial charge is 0.0211 e. The summed E-state index contributed by atoms with van der Waals surface area (Å²) in [6.07, 6.45) is 0. The van der Waals surface area contributed by atoms with Crippen molar-refractivity contribution in [2.45, 2.75) is 40.8 Å². The summed E-state index contributed by atoms with van der Waals surface area (Å²) < 4.78 is 0. The summed E-state index contributed by atoms with van der Waals surface area (Å²) in [6, 6.07) is 0. The molecule has 0 atom stereocenters. The van der Waals surface area contributed by atoms with E-state index in [1.807, 2.05) is 0 Å². The molecule has 0 aromatic heterocycles. The van der Waals surface area contributed by atoms with Crippen LogP contribution in [0, 0.1) is 27.7 Å². The molecular formula is C16H27N3. The third-order valence-electron chi connectivity index (χ3n) is 4.50. The molecule has 3 N–H and O–H groups in total. The molecule has 0 spiro atoms. The molecule has 0 amide bonds. The van der Waals surface area contributed by atoms with Crippen LogP contribution in [0.5, 0.6) is 0 Å². The van der Waals surface area contributed by atoms with Gasteiger partial charge in [0.05, 0.1) is 0 Å². The lowest BCUT2D eigenvalue weighted by Gasteiger charge is -2.21. The molecule has 0 fully saturated rings. The first-order chi connectivity index (χ1) is 9.13. The molecule has 0 unspecified atom stereocenters. The van der Waals surface area contributed by atoms with E-state index >= 15 is 0 Å². The van der Waals surface area contributed by atoms with Crippen molar-refractivity contribution in [1.29, 1.82) is 0 Å². The zero-order valence-corrected chi connectivity index (χ0v) is 12.7. The van der Waals surface area contributed by atoms with Gasteiger partial charge in [-0.2, -0.15) is 0 Å². The van der Waals surface area contributed by atoms with Crippen LogP contribution in [0.2, 0.25) is 0 Å². The van der Waals surface area contributed by atoms with Crippen molar-refractivity contribution in [2.75, 3.05) is 26.2 Å². The van der Waals surface area contributed by atoms with Gasteiger partial charge in [-0.25, -0.2) is 0 Å². The van der Waals surface area contributed by atoms with Crippen LogP contribution in [0.4, 0.5) is 0 Å². The number of nitrogens with one attached hydrogen (secondary N) is 3. The molecule has 1 aromatic carbocycles. The maximum absolute atomic E-state index is 3.55. The van der Waals surface area contributed by atoms with E-state index in [4.69, 9.17) is 0 Å². The van der Waals surface area contributed by atoms with E-state index < -0.39 is 0 Å². The molecular weight excluding hydrogens is 234 g/mol. The van der Waals surface area contributed by atoms with Gasteiger partial charge in [0.15, 0.2) is 0 Å². The Morgan fingerprint density at radius 1 is 0.526 bits per heavy atom. The van der Waals surface area contributed by atoms with Crippen molar-refractivity contribution in [3.63, 3.8) is 0 Å². The molecule has 3 nitrogen and oxygen atoms in total. The first-order valence-corrected chi connectivity index (χ1v) is 7.33. The van der Waals surface area contributed by atoms with E-state index in [2.05, 4.69) is 43.6 Å². The van der Waals surface area contributed by atoms with Crippen molar-refractivity contribution in [2.24, 2.45) is 0 Å². The second-order valence-corrected chi connectivity index (χ2v) is 5.56. The number of rotatable bonds is 0. The molecule has 2 bridgehead atoms. The second-order valence-electron chi connectivity index (χ2n) is 5.56. The van der Waals surface area contributed by atoms with Crippen LogP contribution >= 0.6 is 0 Å². The van der Waals surface area contributed by atoms with Crippen LogP contribution in [0.15, 0.2) is 0 Å². The maximum Gasteiger partial charge on any atom is 0.0211 e. The van der Waals surface area contributed by atoms with E-state index in [1.54, 1.807) is 0 Å². The predicted octanol–water partition coefficient (Wildman–Crippen LogP) is 1.70. The van der Waals surface area contributed by atoms with Gasteiger partial charge in [-0.3, -0.25) is 0 Å². The van der Waals surface area contributed by atoms with Crippen LogP contribution in [0.25, 0.3) is 0 Å². The van der Waals surface area contributed by atoms with Crippen molar-refractivity contribution >= 4 is 0 Å². The molecule has 2 heterocycles. The third-order valence-corrected chi connectivity index (χ3v) is 4.50. The first-order valence-electron chi connectivity index (χ1n) is 7.33.